The molecule has 19 heavy (non-hydrogen) atoms. The molecule has 6 heteroatoms. The average Bonchev–Trinajstić information content (AvgIpc) is 2.84. The lowest BCUT2D eigenvalue weighted by atomic mass is 10.2. The highest BCUT2D eigenvalue weighted by molar-refractivity contribution is 7.92. The number of rotatable bonds is 6. The van der Waals surface area contributed by atoms with E-state index in [1.165, 1.54) is 25.7 Å². The van der Waals surface area contributed by atoms with Crippen molar-refractivity contribution in [1.29, 1.82) is 0 Å². The van der Waals surface area contributed by atoms with Crippen LogP contribution in [0.5, 0.6) is 0 Å². The van der Waals surface area contributed by atoms with Crippen LogP contribution in [0.2, 0.25) is 0 Å². The number of nitrogens with zero attached hydrogens (tertiary/aromatic N) is 1. The van der Waals surface area contributed by atoms with Crippen LogP contribution in [0.3, 0.4) is 0 Å². The van der Waals surface area contributed by atoms with Crippen LogP contribution in [0.4, 0.5) is 11.5 Å². The summed E-state index contributed by atoms with van der Waals surface area (Å²) in [5.41, 5.74) is 0.949. The van der Waals surface area contributed by atoms with Gasteiger partial charge in [0.25, 0.3) is 0 Å². The molecule has 1 fully saturated rings. The molecule has 0 aromatic carbocycles. The topological polar surface area (TPSA) is 71.1 Å². The number of hydrogen-bond acceptors (Lipinski definition) is 4. The van der Waals surface area contributed by atoms with Crippen LogP contribution < -0.4 is 10.0 Å². The van der Waals surface area contributed by atoms with Gasteiger partial charge in [-0.15, -0.1) is 0 Å². The Morgan fingerprint density at radius 2 is 2.05 bits per heavy atom. The number of pyridine rings is 1. The largest absolute Gasteiger partial charge is 0.381 e. The Morgan fingerprint density at radius 1 is 1.32 bits per heavy atom. The van der Waals surface area contributed by atoms with E-state index in [1.54, 1.807) is 12.3 Å². The zero-order chi connectivity index (χ0) is 13.7. The van der Waals surface area contributed by atoms with Crippen LogP contribution in [-0.2, 0) is 10.0 Å². The van der Waals surface area contributed by atoms with Crippen LogP contribution in [0.15, 0.2) is 18.3 Å². The van der Waals surface area contributed by atoms with Crippen molar-refractivity contribution in [2.75, 3.05) is 15.8 Å². The van der Waals surface area contributed by atoms with Crippen molar-refractivity contribution in [3.8, 4) is 0 Å². The highest BCUT2D eigenvalue weighted by atomic mass is 32.2. The predicted molar refractivity (Wildman–Crippen MR) is 77.8 cm³/mol. The lowest BCUT2D eigenvalue weighted by molar-refractivity contribution is 0.599. The fraction of sp³-hybridized carbons (Fsp3) is 0.615. The van der Waals surface area contributed by atoms with Crippen LogP contribution in [-0.4, -0.2) is 25.2 Å². The minimum absolute atomic E-state index is 0.122. The molecule has 1 aromatic rings. The van der Waals surface area contributed by atoms with Gasteiger partial charge in [0, 0.05) is 6.04 Å². The number of aromatic nitrogens is 1. The van der Waals surface area contributed by atoms with E-state index in [2.05, 4.69) is 15.0 Å². The molecule has 1 aliphatic carbocycles. The molecule has 0 unspecified atom stereocenters. The normalized spacial score (nSPS) is 16.5. The summed E-state index contributed by atoms with van der Waals surface area (Å²) in [6.45, 7) is 1.83. The Bertz CT molecular complexity index is 493. The molecule has 0 bridgehead atoms. The summed E-state index contributed by atoms with van der Waals surface area (Å²) in [5.74, 6) is 0.502. The molecule has 0 saturated heterocycles. The fourth-order valence-electron chi connectivity index (χ4n) is 2.32. The molecule has 5 nitrogen and oxygen atoms in total. The van der Waals surface area contributed by atoms with Gasteiger partial charge in [0.15, 0.2) is 0 Å². The zero-order valence-corrected chi connectivity index (χ0v) is 12.0. The van der Waals surface area contributed by atoms with Gasteiger partial charge in [0.1, 0.15) is 5.82 Å². The lowest BCUT2D eigenvalue weighted by Gasteiger charge is -2.13. The van der Waals surface area contributed by atoms with Crippen molar-refractivity contribution in [2.45, 2.75) is 45.1 Å². The minimum atomic E-state index is -3.25. The molecular formula is C13H21N3O2S. The maximum Gasteiger partial charge on any atom is 0.233 e. The molecule has 0 atom stereocenters. The van der Waals surface area contributed by atoms with Gasteiger partial charge >= 0.3 is 0 Å². The molecule has 1 aliphatic rings. The average molecular weight is 283 g/mol. The van der Waals surface area contributed by atoms with Crippen molar-refractivity contribution < 1.29 is 8.42 Å². The van der Waals surface area contributed by atoms with E-state index in [0.717, 1.165) is 5.69 Å². The van der Waals surface area contributed by atoms with Gasteiger partial charge in [-0.1, -0.05) is 19.8 Å². The van der Waals surface area contributed by atoms with Crippen molar-refractivity contribution >= 4 is 21.5 Å². The number of hydrogen-bond donors (Lipinski definition) is 2. The first-order valence-corrected chi connectivity index (χ1v) is 8.47. The second kappa shape index (κ2) is 6.23. The van der Waals surface area contributed by atoms with Gasteiger partial charge in [-0.3, -0.25) is 4.72 Å². The Hall–Kier alpha value is -1.30. The molecule has 0 amide bonds. The van der Waals surface area contributed by atoms with Gasteiger partial charge in [-0.05, 0) is 31.4 Å². The lowest BCUT2D eigenvalue weighted by Crippen LogP contribution is -2.17. The number of sulfonamides is 1. The highest BCUT2D eigenvalue weighted by Crippen LogP contribution is 2.22. The van der Waals surface area contributed by atoms with E-state index in [9.17, 15) is 8.42 Å². The summed E-state index contributed by atoms with van der Waals surface area (Å²) in [6.07, 6.45) is 7.23. The van der Waals surface area contributed by atoms with Crippen LogP contribution in [0.25, 0.3) is 0 Å². The Morgan fingerprint density at radius 3 is 2.63 bits per heavy atom. The zero-order valence-electron chi connectivity index (χ0n) is 11.2. The Labute approximate surface area is 114 Å². The highest BCUT2D eigenvalue weighted by Gasteiger charge is 2.14. The predicted octanol–water partition coefficient (Wildman–Crippen LogP) is 2.59. The molecule has 0 aliphatic heterocycles. The van der Waals surface area contributed by atoms with E-state index in [0.29, 0.717) is 18.3 Å². The van der Waals surface area contributed by atoms with Gasteiger partial charge < -0.3 is 5.32 Å². The van der Waals surface area contributed by atoms with Gasteiger partial charge in [-0.2, -0.15) is 0 Å². The molecule has 1 aromatic heterocycles. The van der Waals surface area contributed by atoms with Crippen molar-refractivity contribution in [3.05, 3.63) is 18.3 Å². The Balaban J connectivity index is 1.94. The molecule has 1 saturated carbocycles. The maximum atomic E-state index is 11.6. The summed E-state index contributed by atoms with van der Waals surface area (Å²) in [6, 6.07) is 4.10. The summed E-state index contributed by atoms with van der Waals surface area (Å²) in [7, 11) is -3.25. The summed E-state index contributed by atoms with van der Waals surface area (Å²) < 4.78 is 25.7. The van der Waals surface area contributed by atoms with E-state index in [1.807, 2.05) is 13.0 Å². The summed E-state index contributed by atoms with van der Waals surface area (Å²) >= 11 is 0. The first-order chi connectivity index (χ1) is 9.09. The quantitative estimate of drug-likeness (QED) is 0.842. The molecular weight excluding hydrogens is 262 g/mol. The van der Waals surface area contributed by atoms with E-state index in [4.69, 9.17) is 0 Å². The van der Waals surface area contributed by atoms with Crippen molar-refractivity contribution in [3.63, 3.8) is 0 Å². The number of nitrogens with one attached hydrogen (secondary N) is 2. The third-order valence-corrected chi connectivity index (χ3v) is 4.69. The van der Waals surface area contributed by atoms with Crippen molar-refractivity contribution in [1.82, 2.24) is 4.98 Å². The molecule has 2 N–H and O–H groups in total. The van der Waals surface area contributed by atoms with Gasteiger partial charge in [0.05, 0.1) is 17.6 Å². The van der Waals surface area contributed by atoms with E-state index < -0.39 is 10.0 Å². The SMILES string of the molecule is CCCS(=O)(=O)Nc1ccc(NC2CCCC2)cn1. The number of anilines is 2. The van der Waals surface area contributed by atoms with Gasteiger partial charge in [0.2, 0.25) is 10.0 Å². The standard InChI is InChI=1S/C13H21N3O2S/c1-2-9-19(17,18)16-13-8-7-12(10-14-13)15-11-5-3-4-6-11/h7-8,10-11,15H,2-6,9H2,1H3,(H,14,16). The second-order valence-electron chi connectivity index (χ2n) is 4.98. The summed E-state index contributed by atoms with van der Waals surface area (Å²) in [4.78, 5) is 4.14. The summed E-state index contributed by atoms with van der Waals surface area (Å²) in [5, 5.41) is 3.42. The first-order valence-electron chi connectivity index (χ1n) is 6.82. The molecule has 0 spiro atoms. The molecule has 1 heterocycles. The second-order valence-corrected chi connectivity index (χ2v) is 6.82. The molecule has 106 valence electrons. The van der Waals surface area contributed by atoms with E-state index >= 15 is 0 Å². The molecule has 0 radical (unpaired) electrons. The smallest absolute Gasteiger partial charge is 0.233 e. The fourth-order valence-corrected chi connectivity index (χ4v) is 3.40. The van der Waals surface area contributed by atoms with Crippen molar-refractivity contribution in [2.24, 2.45) is 0 Å². The van der Waals surface area contributed by atoms with E-state index in [-0.39, 0.29) is 5.75 Å². The van der Waals surface area contributed by atoms with Crippen LogP contribution >= 0.6 is 0 Å². The minimum Gasteiger partial charge on any atom is -0.381 e. The third-order valence-electron chi connectivity index (χ3n) is 3.22. The monoisotopic (exact) mass is 283 g/mol. The van der Waals surface area contributed by atoms with Crippen LogP contribution in [0, 0.1) is 0 Å². The first kappa shape index (κ1) is 14.1. The molecule has 2 rings (SSSR count). The van der Waals surface area contributed by atoms with Crippen LogP contribution in [0.1, 0.15) is 39.0 Å². The third kappa shape index (κ3) is 4.38. The van der Waals surface area contributed by atoms with Gasteiger partial charge in [-0.25, -0.2) is 13.4 Å². The maximum absolute atomic E-state index is 11.6. The Kier molecular flexibility index (Phi) is 4.63.